The molecule has 0 heterocycles. The van der Waals surface area contributed by atoms with Crippen molar-refractivity contribution >= 4 is 11.7 Å². The summed E-state index contributed by atoms with van der Waals surface area (Å²) in [6.07, 6.45) is -0.0126. The molecule has 6 heteroatoms. The van der Waals surface area contributed by atoms with Crippen molar-refractivity contribution < 1.29 is 23.1 Å². The van der Waals surface area contributed by atoms with Gasteiger partial charge in [-0.3, -0.25) is 4.79 Å². The van der Waals surface area contributed by atoms with Crippen molar-refractivity contribution in [1.82, 2.24) is 0 Å². The van der Waals surface area contributed by atoms with E-state index < -0.39 is 23.1 Å². The molecule has 2 aromatic rings. The second kappa shape index (κ2) is 7.57. The molecule has 0 saturated heterocycles. The lowest BCUT2D eigenvalue weighted by molar-refractivity contribution is -0.157. The van der Waals surface area contributed by atoms with Crippen molar-refractivity contribution in [3.8, 4) is 0 Å². The maximum absolute atomic E-state index is 12.8. The maximum Gasteiger partial charge on any atom is 0.416 e. The summed E-state index contributed by atoms with van der Waals surface area (Å²) in [5, 5.41) is 13.3. The molecule has 2 aliphatic rings. The highest BCUT2D eigenvalue weighted by Gasteiger charge is 2.55. The largest absolute Gasteiger partial charge is 0.481 e. The molecule has 0 amide bonds. The fraction of sp³-hybridized carbons (Fsp3) is 0.480. The van der Waals surface area contributed by atoms with Gasteiger partial charge >= 0.3 is 12.1 Å². The number of alkyl halides is 3. The van der Waals surface area contributed by atoms with Crippen LogP contribution in [0.2, 0.25) is 0 Å². The topological polar surface area (TPSA) is 49.3 Å². The molecule has 1 fully saturated rings. The first kappa shape index (κ1) is 21.7. The molecule has 2 N–H and O–H groups in total. The van der Waals surface area contributed by atoms with Crippen LogP contribution < -0.4 is 5.32 Å². The van der Waals surface area contributed by atoms with Crippen LogP contribution in [0.1, 0.15) is 61.8 Å². The van der Waals surface area contributed by atoms with E-state index in [1.54, 1.807) is 0 Å². The third-order valence-corrected chi connectivity index (χ3v) is 7.62. The zero-order chi connectivity index (χ0) is 22.4. The molecule has 3 nitrogen and oxygen atoms in total. The first-order chi connectivity index (χ1) is 14.5. The number of hydrogen-bond donors (Lipinski definition) is 2. The number of rotatable bonds is 4. The Morgan fingerprint density at radius 2 is 1.84 bits per heavy atom. The van der Waals surface area contributed by atoms with Gasteiger partial charge in [0.05, 0.1) is 11.0 Å². The average Bonchev–Trinajstić information content (AvgIpc) is 2.72. The van der Waals surface area contributed by atoms with Crippen LogP contribution in [-0.4, -0.2) is 11.1 Å². The SMILES string of the molecule is CC12CCC[C@](C)(C(=O)O)C1CCc1ccc(NCc3ccc(C(F)(F)F)cc3)cc12. The molecule has 3 atom stereocenters. The highest BCUT2D eigenvalue weighted by Crippen LogP contribution is 2.57. The molecule has 1 saturated carbocycles. The Kier molecular flexibility index (Phi) is 5.31. The Morgan fingerprint density at radius 3 is 2.48 bits per heavy atom. The molecule has 0 spiro atoms. The summed E-state index contributed by atoms with van der Waals surface area (Å²) in [6, 6.07) is 11.4. The summed E-state index contributed by atoms with van der Waals surface area (Å²) in [6.45, 7) is 4.52. The molecule has 2 unspecified atom stereocenters. The van der Waals surface area contributed by atoms with Crippen molar-refractivity contribution in [2.24, 2.45) is 11.3 Å². The van der Waals surface area contributed by atoms with E-state index in [2.05, 4.69) is 24.4 Å². The molecule has 0 aromatic heterocycles. The van der Waals surface area contributed by atoms with Crippen LogP contribution in [0.15, 0.2) is 42.5 Å². The monoisotopic (exact) mass is 431 g/mol. The zero-order valence-corrected chi connectivity index (χ0v) is 17.9. The van der Waals surface area contributed by atoms with E-state index in [0.717, 1.165) is 49.1 Å². The van der Waals surface area contributed by atoms with Gasteiger partial charge in [-0.15, -0.1) is 0 Å². The predicted octanol–water partition coefficient (Wildman–Crippen LogP) is 6.41. The standard InChI is InChI=1S/C25H28F3NO2/c1-23-12-3-13-24(2,22(30)31)21(23)11-7-17-6-10-19(14-20(17)23)29-15-16-4-8-18(9-5-16)25(26,27)28/h4-6,8-10,14,21,29H,3,7,11-13,15H2,1-2H3,(H,30,31)/t21?,23?,24-/m0/s1. The Labute approximate surface area is 180 Å². The lowest BCUT2D eigenvalue weighted by Gasteiger charge is -2.53. The van der Waals surface area contributed by atoms with Gasteiger partial charge in [0, 0.05) is 12.2 Å². The van der Waals surface area contributed by atoms with Crippen molar-refractivity contribution in [3.05, 3.63) is 64.7 Å². The molecule has 2 aliphatic carbocycles. The Balaban J connectivity index is 1.56. The molecule has 166 valence electrons. The summed E-state index contributed by atoms with van der Waals surface area (Å²) < 4.78 is 38.3. The summed E-state index contributed by atoms with van der Waals surface area (Å²) in [5.41, 5.74) is 2.61. The minimum absolute atomic E-state index is 0.0870. The molecule has 4 rings (SSSR count). The first-order valence-electron chi connectivity index (χ1n) is 10.8. The van der Waals surface area contributed by atoms with Gasteiger partial charge in [-0.1, -0.05) is 31.5 Å². The molecular formula is C25H28F3NO2. The minimum atomic E-state index is -4.33. The molecule has 0 bridgehead atoms. The highest BCUT2D eigenvalue weighted by molar-refractivity contribution is 5.75. The Morgan fingerprint density at radius 1 is 1.13 bits per heavy atom. The number of carboxylic acid groups (broad SMARTS) is 1. The van der Waals surface area contributed by atoms with Crippen LogP contribution in [0.5, 0.6) is 0 Å². The second-order valence-corrected chi connectivity index (χ2v) is 9.51. The van der Waals surface area contributed by atoms with Gasteiger partial charge in [-0.25, -0.2) is 0 Å². The van der Waals surface area contributed by atoms with Crippen LogP contribution in [-0.2, 0) is 29.4 Å². The van der Waals surface area contributed by atoms with E-state index in [1.807, 2.05) is 13.0 Å². The van der Waals surface area contributed by atoms with Gasteiger partial charge in [0.15, 0.2) is 0 Å². The lowest BCUT2D eigenvalue weighted by atomic mass is 9.50. The summed E-state index contributed by atoms with van der Waals surface area (Å²) in [7, 11) is 0. The predicted molar refractivity (Wildman–Crippen MR) is 114 cm³/mol. The smallest absolute Gasteiger partial charge is 0.416 e. The van der Waals surface area contributed by atoms with Crippen molar-refractivity contribution in [2.45, 2.75) is 64.1 Å². The molecule has 0 aliphatic heterocycles. The number of hydrogen-bond acceptors (Lipinski definition) is 2. The molecule has 2 aromatic carbocycles. The van der Waals surface area contributed by atoms with Crippen LogP contribution in [0.4, 0.5) is 18.9 Å². The van der Waals surface area contributed by atoms with Gasteiger partial charge in [0.2, 0.25) is 0 Å². The van der Waals surface area contributed by atoms with Crippen LogP contribution >= 0.6 is 0 Å². The number of aliphatic carboxylic acids is 1. The number of fused-ring (bicyclic) bond motifs is 3. The van der Waals surface area contributed by atoms with Gasteiger partial charge < -0.3 is 10.4 Å². The van der Waals surface area contributed by atoms with Gasteiger partial charge in [0.1, 0.15) is 0 Å². The van der Waals surface area contributed by atoms with Crippen LogP contribution in [0.3, 0.4) is 0 Å². The van der Waals surface area contributed by atoms with Crippen molar-refractivity contribution in [3.63, 3.8) is 0 Å². The fourth-order valence-electron chi connectivity index (χ4n) is 5.84. The lowest BCUT2D eigenvalue weighted by Crippen LogP contribution is -2.52. The molecular weight excluding hydrogens is 403 g/mol. The number of benzene rings is 2. The third kappa shape index (κ3) is 3.81. The third-order valence-electron chi connectivity index (χ3n) is 7.62. The normalized spacial score (nSPS) is 27.8. The number of carboxylic acids is 1. The van der Waals surface area contributed by atoms with E-state index in [9.17, 15) is 23.1 Å². The van der Waals surface area contributed by atoms with Gasteiger partial charge in [-0.05, 0) is 84.9 Å². The maximum atomic E-state index is 12.8. The van der Waals surface area contributed by atoms with Crippen LogP contribution in [0, 0.1) is 11.3 Å². The fourth-order valence-corrected chi connectivity index (χ4v) is 5.84. The number of carbonyl (C=O) groups is 1. The van der Waals surface area contributed by atoms with E-state index in [-0.39, 0.29) is 11.3 Å². The van der Waals surface area contributed by atoms with Gasteiger partial charge in [-0.2, -0.15) is 13.2 Å². The number of anilines is 1. The number of nitrogens with one attached hydrogen (secondary N) is 1. The molecule has 0 radical (unpaired) electrons. The van der Waals surface area contributed by atoms with Crippen molar-refractivity contribution in [1.29, 1.82) is 0 Å². The summed E-state index contributed by atoms with van der Waals surface area (Å²) in [4.78, 5) is 12.1. The first-order valence-corrected chi connectivity index (χ1v) is 10.8. The number of halogens is 3. The molecule has 31 heavy (non-hydrogen) atoms. The van der Waals surface area contributed by atoms with E-state index >= 15 is 0 Å². The Bertz CT molecular complexity index is 985. The highest BCUT2D eigenvalue weighted by atomic mass is 19.4. The van der Waals surface area contributed by atoms with E-state index in [4.69, 9.17) is 0 Å². The van der Waals surface area contributed by atoms with Gasteiger partial charge in [0.25, 0.3) is 0 Å². The minimum Gasteiger partial charge on any atom is -0.481 e. The van der Waals surface area contributed by atoms with E-state index in [1.165, 1.54) is 23.3 Å². The zero-order valence-electron chi connectivity index (χ0n) is 17.9. The van der Waals surface area contributed by atoms with E-state index in [0.29, 0.717) is 13.0 Å². The summed E-state index contributed by atoms with van der Waals surface area (Å²) in [5.74, 6) is -0.618. The second-order valence-electron chi connectivity index (χ2n) is 9.51. The average molecular weight is 431 g/mol. The Hall–Kier alpha value is -2.50. The van der Waals surface area contributed by atoms with Crippen molar-refractivity contribution in [2.75, 3.05) is 5.32 Å². The number of aryl methyl sites for hydroxylation is 1. The van der Waals surface area contributed by atoms with Crippen LogP contribution in [0.25, 0.3) is 0 Å². The summed E-state index contributed by atoms with van der Waals surface area (Å²) >= 11 is 0. The quantitative estimate of drug-likeness (QED) is 0.588.